The molecule has 0 spiro atoms. The second kappa shape index (κ2) is 4.70. The van der Waals surface area contributed by atoms with Crippen LogP contribution in [0.4, 0.5) is 0 Å². The van der Waals surface area contributed by atoms with Crippen LogP contribution in [0.1, 0.15) is 16.1 Å². The third kappa shape index (κ3) is 2.04. The summed E-state index contributed by atoms with van der Waals surface area (Å²) in [4.78, 5) is 23.9. The van der Waals surface area contributed by atoms with Crippen molar-refractivity contribution in [2.24, 2.45) is 7.05 Å². The normalized spacial score (nSPS) is 10.3. The number of carbonyl (C=O) groups excluding carboxylic acids is 1. The van der Waals surface area contributed by atoms with Crippen LogP contribution in [0.25, 0.3) is 0 Å². The van der Waals surface area contributed by atoms with Crippen molar-refractivity contribution >= 4 is 18.1 Å². The predicted octanol–water partition coefficient (Wildman–Crippen LogP) is 1.91. The molecule has 0 fully saturated rings. The molecule has 1 aromatic carbocycles. The van der Waals surface area contributed by atoms with E-state index in [1.807, 2.05) is 6.07 Å². The van der Waals surface area contributed by atoms with Crippen molar-refractivity contribution in [3.8, 4) is 0 Å². The first-order valence-electron chi connectivity index (χ1n) is 5.42. The summed E-state index contributed by atoms with van der Waals surface area (Å²) in [7, 11) is 1.55. The molecule has 4 nitrogen and oxygen atoms in total. The van der Waals surface area contributed by atoms with E-state index in [9.17, 15) is 9.59 Å². The summed E-state index contributed by atoms with van der Waals surface area (Å²) in [5.41, 5.74) is 0.863. The third-order valence-electron chi connectivity index (χ3n) is 2.72. The van der Waals surface area contributed by atoms with Gasteiger partial charge in [0.2, 0.25) is 0 Å². The van der Waals surface area contributed by atoms with Crippen LogP contribution in [0.5, 0.6) is 0 Å². The van der Waals surface area contributed by atoms with E-state index in [2.05, 4.69) is 0 Å². The Balaban J connectivity index is 2.67. The smallest absolute Gasteiger partial charge is 0.264 e. The van der Waals surface area contributed by atoms with Crippen molar-refractivity contribution in [3.63, 3.8) is 0 Å². The standard InChI is InChI=1S/C13H12N2O2S/c1-9-8-11(16)14(2)13(18)15(9)12(17)10-6-4-3-5-7-10/h3-8H,1-2H3. The molecule has 0 aliphatic carbocycles. The number of hydrogen-bond acceptors (Lipinski definition) is 3. The van der Waals surface area contributed by atoms with Gasteiger partial charge in [-0.25, -0.2) is 0 Å². The summed E-state index contributed by atoms with van der Waals surface area (Å²) < 4.78 is 2.85. The highest BCUT2D eigenvalue weighted by molar-refractivity contribution is 7.71. The molecule has 5 heteroatoms. The molecule has 0 aliphatic heterocycles. The number of carbonyl (C=O) groups is 1. The van der Waals surface area contributed by atoms with Gasteiger partial charge in [-0.3, -0.25) is 18.7 Å². The Morgan fingerprint density at radius 3 is 2.44 bits per heavy atom. The zero-order valence-corrected chi connectivity index (χ0v) is 10.9. The minimum atomic E-state index is -0.228. The first kappa shape index (κ1) is 12.4. The molecular formula is C13H12N2O2S. The van der Waals surface area contributed by atoms with Gasteiger partial charge >= 0.3 is 0 Å². The van der Waals surface area contributed by atoms with Crippen LogP contribution in [0.15, 0.2) is 41.2 Å². The maximum absolute atomic E-state index is 12.3. The SMILES string of the molecule is Cc1cc(=O)n(C)c(=S)n1C(=O)c1ccccc1. The number of aromatic nitrogens is 2. The number of rotatable bonds is 1. The summed E-state index contributed by atoms with van der Waals surface area (Å²) in [6.45, 7) is 1.69. The van der Waals surface area contributed by atoms with E-state index in [0.717, 1.165) is 0 Å². The van der Waals surface area contributed by atoms with Crippen LogP contribution in [0.2, 0.25) is 0 Å². The molecule has 0 atom stereocenters. The zero-order chi connectivity index (χ0) is 13.3. The Kier molecular flexibility index (Phi) is 3.25. The maximum atomic E-state index is 12.3. The summed E-state index contributed by atoms with van der Waals surface area (Å²) in [6, 6.07) is 10.2. The number of hydrogen-bond donors (Lipinski definition) is 0. The van der Waals surface area contributed by atoms with Crippen LogP contribution in [-0.2, 0) is 7.05 Å². The molecule has 0 aliphatic rings. The summed E-state index contributed by atoms with van der Waals surface area (Å²) in [6.07, 6.45) is 0. The highest BCUT2D eigenvalue weighted by Crippen LogP contribution is 2.06. The number of aryl methyl sites for hydroxylation is 1. The maximum Gasteiger partial charge on any atom is 0.264 e. The second-order valence-electron chi connectivity index (χ2n) is 3.97. The first-order chi connectivity index (χ1) is 8.52. The zero-order valence-electron chi connectivity index (χ0n) is 10.1. The largest absolute Gasteiger partial charge is 0.288 e. The van der Waals surface area contributed by atoms with Crippen LogP contribution in [-0.4, -0.2) is 15.0 Å². The van der Waals surface area contributed by atoms with Gasteiger partial charge in [-0.2, -0.15) is 0 Å². The average molecular weight is 260 g/mol. The Morgan fingerprint density at radius 2 is 1.83 bits per heavy atom. The number of benzene rings is 1. The van der Waals surface area contributed by atoms with Gasteiger partial charge in [-0.15, -0.1) is 0 Å². The topological polar surface area (TPSA) is 44.0 Å². The molecule has 92 valence electrons. The van der Waals surface area contributed by atoms with E-state index in [4.69, 9.17) is 12.2 Å². The van der Waals surface area contributed by atoms with Gasteiger partial charge in [0.1, 0.15) is 0 Å². The summed E-state index contributed by atoms with van der Waals surface area (Å²) in [5, 5.41) is 0. The molecule has 18 heavy (non-hydrogen) atoms. The lowest BCUT2D eigenvalue weighted by Gasteiger charge is -2.11. The quantitative estimate of drug-likeness (QED) is 0.736. The fourth-order valence-electron chi connectivity index (χ4n) is 1.69. The summed E-state index contributed by atoms with van der Waals surface area (Å²) in [5.74, 6) is -0.228. The van der Waals surface area contributed by atoms with Gasteiger partial charge in [-0.1, -0.05) is 18.2 Å². The minimum Gasteiger partial charge on any atom is -0.288 e. The van der Waals surface area contributed by atoms with E-state index < -0.39 is 0 Å². The molecule has 0 unspecified atom stereocenters. The van der Waals surface area contributed by atoms with Crippen molar-refractivity contribution < 1.29 is 4.79 Å². The predicted molar refractivity (Wildman–Crippen MR) is 71.4 cm³/mol. The highest BCUT2D eigenvalue weighted by Gasteiger charge is 2.12. The minimum absolute atomic E-state index is 0.203. The molecule has 0 N–H and O–H groups in total. The molecular weight excluding hydrogens is 248 g/mol. The Labute approximate surface area is 109 Å². The van der Waals surface area contributed by atoms with Crippen molar-refractivity contribution in [2.75, 3.05) is 0 Å². The lowest BCUT2D eigenvalue weighted by atomic mass is 10.2. The fourth-order valence-corrected chi connectivity index (χ4v) is 2.01. The molecule has 1 heterocycles. The van der Waals surface area contributed by atoms with Crippen molar-refractivity contribution in [2.45, 2.75) is 6.92 Å². The van der Waals surface area contributed by atoms with E-state index in [-0.39, 0.29) is 16.2 Å². The van der Waals surface area contributed by atoms with Crippen LogP contribution >= 0.6 is 12.2 Å². The average Bonchev–Trinajstić information content (AvgIpc) is 2.37. The van der Waals surface area contributed by atoms with Gasteiger partial charge in [0, 0.05) is 24.4 Å². The van der Waals surface area contributed by atoms with E-state index in [1.54, 1.807) is 38.2 Å². The third-order valence-corrected chi connectivity index (χ3v) is 3.17. The fraction of sp³-hybridized carbons (Fsp3) is 0.154. The molecule has 0 amide bonds. The van der Waals surface area contributed by atoms with Crippen molar-refractivity contribution in [1.29, 1.82) is 0 Å². The first-order valence-corrected chi connectivity index (χ1v) is 5.82. The molecule has 0 bridgehead atoms. The van der Waals surface area contributed by atoms with Crippen LogP contribution in [0.3, 0.4) is 0 Å². The van der Waals surface area contributed by atoms with Crippen molar-refractivity contribution in [1.82, 2.24) is 9.13 Å². The van der Waals surface area contributed by atoms with Gasteiger partial charge in [-0.05, 0) is 31.3 Å². The van der Waals surface area contributed by atoms with Gasteiger partial charge < -0.3 is 0 Å². The van der Waals surface area contributed by atoms with Crippen LogP contribution in [0, 0.1) is 11.7 Å². The molecule has 2 aromatic rings. The Hall–Kier alpha value is -2.01. The van der Waals surface area contributed by atoms with E-state index >= 15 is 0 Å². The molecule has 0 radical (unpaired) electrons. The van der Waals surface area contributed by atoms with Crippen LogP contribution < -0.4 is 5.56 Å². The second-order valence-corrected chi connectivity index (χ2v) is 4.34. The van der Waals surface area contributed by atoms with Gasteiger partial charge in [0.05, 0.1) is 0 Å². The van der Waals surface area contributed by atoms with Crippen molar-refractivity contribution in [3.05, 3.63) is 62.8 Å². The molecule has 2 rings (SSSR count). The Morgan fingerprint density at radius 1 is 1.22 bits per heavy atom. The van der Waals surface area contributed by atoms with E-state index in [1.165, 1.54) is 15.2 Å². The summed E-state index contributed by atoms with van der Waals surface area (Å²) >= 11 is 5.15. The lowest BCUT2D eigenvalue weighted by molar-refractivity contribution is 0.0952. The van der Waals surface area contributed by atoms with E-state index in [0.29, 0.717) is 11.3 Å². The number of nitrogens with zero attached hydrogens (tertiary/aromatic N) is 2. The molecule has 0 saturated heterocycles. The molecule has 1 aromatic heterocycles. The lowest BCUT2D eigenvalue weighted by Crippen LogP contribution is -2.27. The molecule has 0 saturated carbocycles. The van der Waals surface area contributed by atoms with Gasteiger partial charge in [0.25, 0.3) is 11.5 Å². The Bertz CT molecular complexity index is 714. The van der Waals surface area contributed by atoms with Gasteiger partial charge in [0.15, 0.2) is 4.77 Å². The monoisotopic (exact) mass is 260 g/mol. The highest BCUT2D eigenvalue weighted by atomic mass is 32.1.